The first-order valence-electron chi connectivity index (χ1n) is 6.57. The van der Waals surface area contributed by atoms with Crippen LogP contribution >= 0.6 is 0 Å². The van der Waals surface area contributed by atoms with E-state index in [0.29, 0.717) is 13.0 Å². The number of amides is 1. The average molecular weight is 264 g/mol. The van der Waals surface area contributed by atoms with Crippen LogP contribution < -0.4 is 11.1 Å². The Morgan fingerprint density at radius 1 is 1.42 bits per heavy atom. The van der Waals surface area contributed by atoms with Crippen LogP contribution in [0.4, 0.5) is 0 Å². The van der Waals surface area contributed by atoms with E-state index in [9.17, 15) is 9.90 Å². The number of ether oxygens (including phenoxy) is 1. The van der Waals surface area contributed by atoms with Crippen LogP contribution in [0.3, 0.4) is 0 Å². The Balaban J connectivity index is 1.78. The average Bonchev–Trinajstić information content (AvgIpc) is 2.94. The molecule has 0 bridgehead atoms. The van der Waals surface area contributed by atoms with E-state index < -0.39 is 12.2 Å². The molecule has 0 saturated carbocycles. The van der Waals surface area contributed by atoms with E-state index in [0.717, 1.165) is 12.0 Å². The van der Waals surface area contributed by atoms with E-state index in [-0.39, 0.29) is 18.6 Å². The Bertz CT molecular complexity index is 410. The van der Waals surface area contributed by atoms with E-state index >= 15 is 0 Å². The first-order valence-corrected chi connectivity index (χ1v) is 6.57. The Labute approximate surface area is 112 Å². The molecule has 4 N–H and O–H groups in total. The van der Waals surface area contributed by atoms with Crippen LogP contribution in [0.15, 0.2) is 30.3 Å². The number of hydrogen-bond acceptors (Lipinski definition) is 4. The molecule has 1 unspecified atom stereocenters. The van der Waals surface area contributed by atoms with Crippen LogP contribution in [-0.4, -0.2) is 36.3 Å². The van der Waals surface area contributed by atoms with Gasteiger partial charge in [0.15, 0.2) is 0 Å². The van der Waals surface area contributed by atoms with Crippen molar-refractivity contribution in [1.29, 1.82) is 0 Å². The molecule has 0 radical (unpaired) electrons. The Morgan fingerprint density at radius 3 is 2.79 bits per heavy atom. The van der Waals surface area contributed by atoms with Gasteiger partial charge < -0.3 is 20.9 Å². The highest BCUT2D eigenvalue weighted by molar-refractivity contribution is 5.81. The van der Waals surface area contributed by atoms with Gasteiger partial charge in [-0.3, -0.25) is 4.79 Å². The van der Waals surface area contributed by atoms with Gasteiger partial charge in [0.25, 0.3) is 0 Å². The van der Waals surface area contributed by atoms with Gasteiger partial charge in [0.2, 0.25) is 5.91 Å². The molecule has 1 aromatic carbocycles. The third-order valence-corrected chi connectivity index (χ3v) is 3.32. The monoisotopic (exact) mass is 264 g/mol. The Kier molecular flexibility index (Phi) is 4.90. The molecule has 0 spiro atoms. The van der Waals surface area contributed by atoms with E-state index in [1.807, 2.05) is 30.3 Å². The summed E-state index contributed by atoms with van der Waals surface area (Å²) in [7, 11) is 0. The molecule has 3 atom stereocenters. The molecule has 19 heavy (non-hydrogen) atoms. The fraction of sp³-hybridized carbons (Fsp3) is 0.500. The van der Waals surface area contributed by atoms with Crippen LogP contribution in [0.25, 0.3) is 0 Å². The van der Waals surface area contributed by atoms with E-state index in [2.05, 4.69) is 5.32 Å². The van der Waals surface area contributed by atoms with Gasteiger partial charge in [-0.15, -0.1) is 0 Å². The topological polar surface area (TPSA) is 84.6 Å². The van der Waals surface area contributed by atoms with Gasteiger partial charge in [-0.25, -0.2) is 0 Å². The van der Waals surface area contributed by atoms with Crippen molar-refractivity contribution in [2.45, 2.75) is 31.2 Å². The Hall–Kier alpha value is -1.43. The summed E-state index contributed by atoms with van der Waals surface area (Å²) in [4.78, 5) is 11.9. The maximum Gasteiger partial charge on any atom is 0.249 e. The molecule has 104 valence electrons. The quantitative estimate of drug-likeness (QED) is 0.716. The van der Waals surface area contributed by atoms with Gasteiger partial charge in [-0.1, -0.05) is 30.3 Å². The van der Waals surface area contributed by atoms with Crippen molar-refractivity contribution in [2.75, 3.05) is 13.1 Å². The van der Waals surface area contributed by atoms with Crippen LogP contribution in [-0.2, 0) is 9.53 Å². The third kappa shape index (κ3) is 3.76. The van der Waals surface area contributed by atoms with Crippen LogP contribution in [0.5, 0.6) is 0 Å². The predicted molar refractivity (Wildman–Crippen MR) is 71.4 cm³/mol. The lowest BCUT2D eigenvalue weighted by Crippen LogP contribution is -2.37. The van der Waals surface area contributed by atoms with Crippen LogP contribution in [0.1, 0.15) is 24.5 Å². The second-order valence-corrected chi connectivity index (χ2v) is 4.73. The summed E-state index contributed by atoms with van der Waals surface area (Å²) in [5.41, 5.74) is 6.28. The molecule has 2 rings (SSSR count). The molecule has 1 heterocycles. The van der Waals surface area contributed by atoms with E-state index in [4.69, 9.17) is 10.5 Å². The summed E-state index contributed by atoms with van der Waals surface area (Å²) in [6, 6.07) is 9.24. The standard InChI is InChI=1S/C14H20N2O3/c15-8-11-6-7-13(19-11)14(18)16-9-12(17)10-4-2-1-3-5-10/h1-5,11-13,17H,6-9,15H2,(H,16,18)/t11-,12?,13+/m1/s1. The number of carbonyl (C=O) groups is 1. The van der Waals surface area contributed by atoms with Crippen molar-refractivity contribution >= 4 is 5.91 Å². The number of benzene rings is 1. The lowest BCUT2D eigenvalue weighted by atomic mass is 10.1. The van der Waals surface area contributed by atoms with Gasteiger partial charge in [-0.2, -0.15) is 0 Å². The number of nitrogens with one attached hydrogen (secondary N) is 1. The highest BCUT2D eigenvalue weighted by atomic mass is 16.5. The summed E-state index contributed by atoms with van der Waals surface area (Å²) in [6.45, 7) is 0.631. The molecule has 1 fully saturated rings. The number of aliphatic hydroxyl groups is 1. The minimum atomic E-state index is -0.697. The minimum absolute atomic E-state index is 0.0187. The second kappa shape index (κ2) is 6.65. The summed E-state index contributed by atoms with van der Waals surface area (Å²) in [6.07, 6.45) is 0.355. The number of nitrogens with two attached hydrogens (primary N) is 1. The first kappa shape index (κ1) is 14.0. The van der Waals surface area contributed by atoms with Crippen molar-refractivity contribution in [2.24, 2.45) is 5.73 Å². The van der Waals surface area contributed by atoms with Gasteiger partial charge in [0.05, 0.1) is 12.2 Å². The summed E-state index contributed by atoms with van der Waals surface area (Å²) in [5, 5.41) is 12.6. The molecule has 1 amide bonds. The second-order valence-electron chi connectivity index (χ2n) is 4.73. The maximum atomic E-state index is 11.9. The van der Waals surface area contributed by atoms with E-state index in [1.54, 1.807) is 0 Å². The maximum absolute atomic E-state index is 11.9. The van der Waals surface area contributed by atoms with Crippen LogP contribution in [0, 0.1) is 0 Å². The third-order valence-electron chi connectivity index (χ3n) is 3.32. The van der Waals surface area contributed by atoms with Crippen molar-refractivity contribution in [3.05, 3.63) is 35.9 Å². The largest absolute Gasteiger partial charge is 0.387 e. The Morgan fingerprint density at radius 2 is 2.16 bits per heavy atom. The smallest absolute Gasteiger partial charge is 0.249 e. The zero-order valence-corrected chi connectivity index (χ0v) is 10.8. The lowest BCUT2D eigenvalue weighted by molar-refractivity contribution is -0.132. The van der Waals surface area contributed by atoms with Crippen LogP contribution in [0.2, 0.25) is 0 Å². The molecule has 1 aliphatic rings. The summed E-state index contributed by atoms with van der Waals surface area (Å²) in [5.74, 6) is -0.175. The number of aliphatic hydroxyl groups excluding tert-OH is 1. The van der Waals surface area contributed by atoms with Crippen molar-refractivity contribution in [3.63, 3.8) is 0 Å². The minimum Gasteiger partial charge on any atom is -0.387 e. The first-order chi connectivity index (χ1) is 9.20. The fourth-order valence-electron chi connectivity index (χ4n) is 2.18. The molecule has 1 saturated heterocycles. The zero-order valence-electron chi connectivity index (χ0n) is 10.8. The lowest BCUT2D eigenvalue weighted by Gasteiger charge is -2.15. The molecular formula is C14H20N2O3. The SMILES string of the molecule is NC[C@H]1CC[C@@H](C(=O)NCC(O)c2ccccc2)O1. The molecule has 0 aliphatic carbocycles. The number of rotatable bonds is 5. The van der Waals surface area contributed by atoms with Crippen molar-refractivity contribution in [3.8, 4) is 0 Å². The summed E-state index contributed by atoms with van der Waals surface area (Å²) >= 11 is 0. The molecule has 5 heteroatoms. The van der Waals surface area contributed by atoms with Crippen molar-refractivity contribution in [1.82, 2.24) is 5.32 Å². The summed E-state index contributed by atoms with van der Waals surface area (Å²) < 4.78 is 5.49. The molecule has 0 aromatic heterocycles. The van der Waals surface area contributed by atoms with E-state index in [1.165, 1.54) is 0 Å². The predicted octanol–water partition coefficient (Wildman–Crippen LogP) is 0.343. The fourth-order valence-corrected chi connectivity index (χ4v) is 2.18. The van der Waals surface area contributed by atoms with Crippen molar-refractivity contribution < 1.29 is 14.6 Å². The molecule has 1 aliphatic heterocycles. The number of carbonyl (C=O) groups excluding carboxylic acids is 1. The highest BCUT2D eigenvalue weighted by Crippen LogP contribution is 2.19. The van der Waals surface area contributed by atoms with Gasteiger partial charge in [-0.05, 0) is 18.4 Å². The van der Waals surface area contributed by atoms with Gasteiger partial charge in [0.1, 0.15) is 6.10 Å². The zero-order chi connectivity index (χ0) is 13.7. The normalized spacial score (nSPS) is 24.1. The molecule has 5 nitrogen and oxygen atoms in total. The number of hydrogen-bond donors (Lipinski definition) is 3. The van der Waals surface area contributed by atoms with Gasteiger partial charge >= 0.3 is 0 Å². The molecular weight excluding hydrogens is 244 g/mol. The highest BCUT2D eigenvalue weighted by Gasteiger charge is 2.29. The molecule has 1 aromatic rings. The van der Waals surface area contributed by atoms with Gasteiger partial charge in [0, 0.05) is 13.1 Å².